The summed E-state index contributed by atoms with van der Waals surface area (Å²) in [5.74, 6) is 0.513. The Morgan fingerprint density at radius 2 is 1.45 bits per heavy atom. The minimum absolute atomic E-state index is 0.513. The summed E-state index contributed by atoms with van der Waals surface area (Å²) in [5.41, 5.74) is 3.68. The maximum absolute atomic E-state index is 3.55. The number of nitrogens with one attached hydrogen (secondary N) is 1. The van der Waals surface area contributed by atoms with Gasteiger partial charge in [0.2, 0.25) is 0 Å². The van der Waals surface area contributed by atoms with Gasteiger partial charge in [0.05, 0.1) is 0 Å². The Morgan fingerprint density at radius 3 is 2.25 bits per heavy atom. The molecule has 0 spiro atoms. The van der Waals surface area contributed by atoms with Crippen molar-refractivity contribution < 1.29 is 0 Å². The van der Waals surface area contributed by atoms with Crippen molar-refractivity contribution in [1.29, 1.82) is 0 Å². The molecule has 0 fully saturated rings. The third kappa shape index (κ3) is 2.53. The van der Waals surface area contributed by atoms with Crippen LogP contribution in [0, 0.1) is 0 Å². The van der Waals surface area contributed by atoms with E-state index in [-0.39, 0.29) is 0 Å². The third-order valence-corrected chi connectivity index (χ3v) is 3.61. The molecule has 0 heterocycles. The average Bonchev–Trinajstić information content (AvgIpc) is 2.47. The molecule has 0 aliphatic rings. The summed E-state index contributed by atoms with van der Waals surface area (Å²) in [5, 5.41) is 6.08. The van der Waals surface area contributed by atoms with Crippen molar-refractivity contribution in [3.63, 3.8) is 0 Å². The monoisotopic (exact) mass is 261 g/mol. The predicted molar refractivity (Wildman–Crippen MR) is 87.8 cm³/mol. The normalized spacial score (nSPS) is 10.9. The zero-order chi connectivity index (χ0) is 13.9. The Kier molecular flexibility index (Phi) is 3.42. The highest BCUT2D eigenvalue weighted by Gasteiger charge is 2.06. The second-order valence-corrected chi connectivity index (χ2v) is 5.43. The molecule has 0 aliphatic heterocycles. The lowest BCUT2D eigenvalue weighted by Gasteiger charge is -2.15. The highest BCUT2D eigenvalue weighted by atomic mass is 14.9. The summed E-state index contributed by atoms with van der Waals surface area (Å²) in [7, 11) is 0. The summed E-state index contributed by atoms with van der Waals surface area (Å²) in [6.07, 6.45) is 0. The smallest absolute Gasteiger partial charge is 0.0419 e. The van der Waals surface area contributed by atoms with Crippen molar-refractivity contribution in [2.24, 2.45) is 0 Å². The van der Waals surface area contributed by atoms with Gasteiger partial charge in [0.15, 0.2) is 0 Å². The zero-order valence-corrected chi connectivity index (χ0v) is 11.9. The lowest BCUT2D eigenvalue weighted by atomic mass is 10.0. The molecule has 1 heteroatoms. The molecule has 3 aromatic rings. The SMILES string of the molecule is CC(C)c1ccccc1Nc1ccc2ccccc2c1. The number of rotatable bonds is 3. The maximum atomic E-state index is 3.55. The number of hydrogen-bond donors (Lipinski definition) is 1. The molecule has 0 aromatic heterocycles. The highest BCUT2D eigenvalue weighted by Crippen LogP contribution is 2.28. The van der Waals surface area contributed by atoms with E-state index >= 15 is 0 Å². The fourth-order valence-corrected chi connectivity index (χ4v) is 2.54. The van der Waals surface area contributed by atoms with E-state index in [1.54, 1.807) is 0 Å². The topological polar surface area (TPSA) is 12.0 Å². The number of para-hydroxylation sites is 1. The lowest BCUT2D eigenvalue weighted by Crippen LogP contribution is -1.97. The molecule has 0 unspecified atom stereocenters. The van der Waals surface area contributed by atoms with Crippen LogP contribution in [0.15, 0.2) is 66.7 Å². The van der Waals surface area contributed by atoms with E-state index < -0.39 is 0 Å². The van der Waals surface area contributed by atoms with Crippen LogP contribution < -0.4 is 5.32 Å². The van der Waals surface area contributed by atoms with Gasteiger partial charge in [-0.2, -0.15) is 0 Å². The van der Waals surface area contributed by atoms with Gasteiger partial charge < -0.3 is 5.32 Å². The summed E-state index contributed by atoms with van der Waals surface area (Å²) < 4.78 is 0. The fraction of sp³-hybridized carbons (Fsp3) is 0.158. The van der Waals surface area contributed by atoms with Crippen LogP contribution in [0.2, 0.25) is 0 Å². The van der Waals surface area contributed by atoms with E-state index in [1.165, 1.54) is 22.0 Å². The first-order valence-electron chi connectivity index (χ1n) is 7.09. The average molecular weight is 261 g/mol. The van der Waals surface area contributed by atoms with Gasteiger partial charge in [-0.1, -0.05) is 62.4 Å². The molecule has 1 nitrogen and oxygen atoms in total. The molecule has 20 heavy (non-hydrogen) atoms. The van der Waals surface area contributed by atoms with Crippen molar-refractivity contribution >= 4 is 22.1 Å². The molecule has 3 aromatic carbocycles. The van der Waals surface area contributed by atoms with Gasteiger partial charge in [0.1, 0.15) is 0 Å². The summed E-state index contributed by atoms with van der Waals surface area (Å²) in [6, 6.07) is 23.4. The van der Waals surface area contributed by atoms with Gasteiger partial charge in [0.25, 0.3) is 0 Å². The number of fused-ring (bicyclic) bond motifs is 1. The fourth-order valence-electron chi connectivity index (χ4n) is 2.54. The molecule has 3 rings (SSSR count). The first kappa shape index (κ1) is 12.7. The van der Waals surface area contributed by atoms with Crippen LogP contribution in [0.3, 0.4) is 0 Å². The predicted octanol–water partition coefficient (Wildman–Crippen LogP) is 5.71. The molecular weight excluding hydrogens is 242 g/mol. The second-order valence-electron chi connectivity index (χ2n) is 5.43. The highest BCUT2D eigenvalue weighted by molar-refractivity contribution is 5.86. The first-order valence-corrected chi connectivity index (χ1v) is 7.09. The van der Waals surface area contributed by atoms with Crippen LogP contribution >= 0.6 is 0 Å². The van der Waals surface area contributed by atoms with E-state index in [1.807, 2.05) is 0 Å². The van der Waals surface area contributed by atoms with Crippen molar-refractivity contribution in [3.8, 4) is 0 Å². The van der Waals surface area contributed by atoms with Gasteiger partial charge in [0, 0.05) is 11.4 Å². The second kappa shape index (κ2) is 5.38. The number of anilines is 2. The first-order chi connectivity index (χ1) is 9.74. The minimum atomic E-state index is 0.513. The van der Waals surface area contributed by atoms with Crippen LogP contribution in [-0.2, 0) is 0 Å². The molecule has 0 aliphatic carbocycles. The maximum Gasteiger partial charge on any atom is 0.0419 e. The van der Waals surface area contributed by atoms with E-state index in [0.29, 0.717) is 5.92 Å². The lowest BCUT2D eigenvalue weighted by molar-refractivity contribution is 0.869. The van der Waals surface area contributed by atoms with Gasteiger partial charge in [-0.05, 0) is 40.5 Å². The quantitative estimate of drug-likeness (QED) is 0.637. The van der Waals surface area contributed by atoms with Crippen molar-refractivity contribution in [1.82, 2.24) is 0 Å². The van der Waals surface area contributed by atoms with E-state index in [4.69, 9.17) is 0 Å². The van der Waals surface area contributed by atoms with Crippen molar-refractivity contribution in [2.45, 2.75) is 19.8 Å². The molecule has 0 bridgehead atoms. The Labute approximate surface area is 120 Å². The van der Waals surface area contributed by atoms with Crippen LogP contribution in [0.4, 0.5) is 11.4 Å². The van der Waals surface area contributed by atoms with Gasteiger partial charge in [-0.15, -0.1) is 0 Å². The van der Waals surface area contributed by atoms with Crippen LogP contribution in [0.1, 0.15) is 25.3 Å². The molecular formula is C19H19N. The van der Waals surface area contributed by atoms with Crippen molar-refractivity contribution in [3.05, 3.63) is 72.3 Å². The van der Waals surface area contributed by atoms with Gasteiger partial charge in [-0.25, -0.2) is 0 Å². The van der Waals surface area contributed by atoms with Crippen LogP contribution in [0.5, 0.6) is 0 Å². The van der Waals surface area contributed by atoms with Crippen LogP contribution in [0.25, 0.3) is 10.8 Å². The summed E-state index contributed by atoms with van der Waals surface area (Å²) in [6.45, 7) is 4.45. The number of hydrogen-bond acceptors (Lipinski definition) is 1. The number of benzene rings is 3. The van der Waals surface area contributed by atoms with Crippen molar-refractivity contribution in [2.75, 3.05) is 5.32 Å². The van der Waals surface area contributed by atoms with Gasteiger partial charge in [-0.3, -0.25) is 0 Å². The van der Waals surface area contributed by atoms with Crippen LogP contribution in [-0.4, -0.2) is 0 Å². The van der Waals surface area contributed by atoms with E-state index in [0.717, 1.165) is 5.69 Å². The molecule has 1 N–H and O–H groups in total. The Morgan fingerprint density at radius 1 is 0.750 bits per heavy atom. The molecule has 0 radical (unpaired) electrons. The summed E-state index contributed by atoms with van der Waals surface area (Å²) >= 11 is 0. The third-order valence-electron chi connectivity index (χ3n) is 3.61. The Balaban J connectivity index is 1.97. The largest absolute Gasteiger partial charge is 0.355 e. The van der Waals surface area contributed by atoms with E-state index in [9.17, 15) is 0 Å². The van der Waals surface area contributed by atoms with E-state index in [2.05, 4.69) is 85.9 Å². The molecule has 0 saturated heterocycles. The molecule has 0 amide bonds. The standard InChI is InChI=1S/C19H19N/c1-14(2)18-9-5-6-10-19(18)20-17-12-11-15-7-3-4-8-16(15)13-17/h3-14,20H,1-2H3. The Bertz CT molecular complexity index is 728. The molecule has 0 atom stereocenters. The van der Waals surface area contributed by atoms with Gasteiger partial charge >= 0.3 is 0 Å². The summed E-state index contributed by atoms with van der Waals surface area (Å²) in [4.78, 5) is 0. The molecule has 0 saturated carbocycles. The zero-order valence-electron chi connectivity index (χ0n) is 11.9. The minimum Gasteiger partial charge on any atom is -0.355 e. The molecule has 100 valence electrons. The Hall–Kier alpha value is -2.28.